The van der Waals surface area contributed by atoms with Gasteiger partial charge in [0.15, 0.2) is 6.79 Å². The minimum atomic E-state index is -4.52. The minimum absolute atomic E-state index is 0.0722. The number of hydrogen-bond donors (Lipinski definition) is 0. The third-order valence-electron chi connectivity index (χ3n) is 8.07. The molecule has 8 heteroatoms. The van der Waals surface area contributed by atoms with E-state index in [1.54, 1.807) is 0 Å². The largest absolute Gasteiger partial charge is 0.438 e. The van der Waals surface area contributed by atoms with Crippen molar-refractivity contribution in [3.8, 4) is 0 Å². The molecule has 0 aromatic heterocycles. The summed E-state index contributed by atoms with van der Waals surface area (Å²) in [4.78, 5) is 12.3. The van der Waals surface area contributed by atoms with Gasteiger partial charge >= 0.3 is 11.9 Å². The van der Waals surface area contributed by atoms with Crippen LogP contribution in [-0.2, 0) is 14.3 Å². The molecule has 5 fully saturated rings. The number of halogens is 5. The molecule has 4 bridgehead atoms. The Morgan fingerprint density at radius 1 is 0.967 bits per heavy atom. The minimum Gasteiger partial charge on any atom is -0.438 e. The first-order chi connectivity index (χ1) is 13.9. The third-order valence-corrected chi connectivity index (χ3v) is 8.07. The molecule has 3 atom stereocenters. The van der Waals surface area contributed by atoms with Crippen molar-refractivity contribution in [2.75, 3.05) is 13.4 Å². The van der Waals surface area contributed by atoms with Gasteiger partial charge in [0.2, 0.25) is 5.67 Å². The maximum absolute atomic E-state index is 14.8. The summed E-state index contributed by atoms with van der Waals surface area (Å²) >= 11 is 0. The van der Waals surface area contributed by atoms with E-state index in [2.05, 4.69) is 0 Å². The van der Waals surface area contributed by atoms with Gasteiger partial charge in [0.05, 0.1) is 6.61 Å². The number of esters is 1. The lowest BCUT2D eigenvalue weighted by molar-refractivity contribution is -0.284. The van der Waals surface area contributed by atoms with Crippen molar-refractivity contribution in [1.82, 2.24) is 0 Å². The Bertz CT molecular complexity index is 641. The Morgan fingerprint density at radius 3 is 2.00 bits per heavy atom. The van der Waals surface area contributed by atoms with Gasteiger partial charge in [-0.1, -0.05) is 6.92 Å². The molecule has 3 nitrogen and oxygen atoms in total. The van der Waals surface area contributed by atoms with Crippen molar-refractivity contribution in [1.29, 1.82) is 0 Å². The van der Waals surface area contributed by atoms with E-state index in [1.807, 2.05) is 0 Å². The lowest BCUT2D eigenvalue weighted by Gasteiger charge is -2.56. The fourth-order valence-electron chi connectivity index (χ4n) is 7.17. The molecule has 3 unspecified atom stereocenters. The molecular weight excluding hydrogens is 407 g/mol. The summed E-state index contributed by atoms with van der Waals surface area (Å²) in [6.07, 6.45) is 5.67. The Balaban J connectivity index is 1.33. The Labute approximate surface area is 174 Å². The van der Waals surface area contributed by atoms with Gasteiger partial charge in [-0.3, -0.25) is 4.79 Å². The van der Waals surface area contributed by atoms with E-state index in [-0.39, 0.29) is 12.3 Å². The highest BCUT2D eigenvalue weighted by atomic mass is 19.3. The third kappa shape index (κ3) is 3.65. The van der Waals surface area contributed by atoms with Crippen molar-refractivity contribution < 1.29 is 36.2 Å². The fraction of sp³-hybridized carbons (Fsp3) is 0.955. The van der Waals surface area contributed by atoms with Crippen molar-refractivity contribution in [3.05, 3.63) is 0 Å². The Kier molecular flexibility index (Phi) is 5.43. The van der Waals surface area contributed by atoms with Crippen LogP contribution in [0.25, 0.3) is 0 Å². The number of carbonyl (C=O) groups excluding carboxylic acids is 1. The first-order valence-corrected chi connectivity index (χ1v) is 11.0. The molecule has 172 valence electrons. The average molecular weight is 438 g/mol. The van der Waals surface area contributed by atoms with Crippen LogP contribution in [0, 0.1) is 35.0 Å². The average Bonchev–Trinajstić information content (AvgIpc) is 2.59. The predicted octanol–water partition coefficient (Wildman–Crippen LogP) is 5.77. The molecule has 0 amide bonds. The van der Waals surface area contributed by atoms with Crippen LogP contribution in [0.3, 0.4) is 0 Å². The fourth-order valence-corrected chi connectivity index (χ4v) is 7.17. The van der Waals surface area contributed by atoms with Crippen LogP contribution in [0.4, 0.5) is 22.0 Å². The molecule has 0 N–H and O–H groups in total. The summed E-state index contributed by atoms with van der Waals surface area (Å²) in [5, 5.41) is 0. The predicted molar refractivity (Wildman–Crippen MR) is 98.8 cm³/mol. The second-order valence-corrected chi connectivity index (χ2v) is 10.8. The lowest BCUT2D eigenvalue weighted by atomic mass is 9.50. The molecule has 0 aromatic rings. The highest BCUT2D eigenvalue weighted by molar-refractivity contribution is 5.74. The van der Waals surface area contributed by atoms with E-state index in [1.165, 1.54) is 26.2 Å². The van der Waals surface area contributed by atoms with Crippen LogP contribution in [0.15, 0.2) is 0 Å². The van der Waals surface area contributed by atoms with E-state index < -0.39 is 55.0 Å². The monoisotopic (exact) mass is 438 g/mol. The summed E-state index contributed by atoms with van der Waals surface area (Å²) in [6, 6.07) is 0. The van der Waals surface area contributed by atoms with Gasteiger partial charge in [0, 0.05) is 6.92 Å². The van der Waals surface area contributed by atoms with Crippen LogP contribution >= 0.6 is 0 Å². The highest BCUT2D eigenvalue weighted by Gasteiger charge is 2.73. The van der Waals surface area contributed by atoms with Gasteiger partial charge in [-0.2, -0.15) is 0 Å². The second-order valence-electron chi connectivity index (χ2n) is 10.8. The second kappa shape index (κ2) is 7.31. The molecule has 0 aromatic carbocycles. The quantitative estimate of drug-likeness (QED) is 0.229. The van der Waals surface area contributed by atoms with Gasteiger partial charge in [-0.25, -0.2) is 22.0 Å². The number of hydrogen-bond acceptors (Lipinski definition) is 3. The van der Waals surface area contributed by atoms with Gasteiger partial charge in [0.1, 0.15) is 5.92 Å². The lowest BCUT2D eigenvalue weighted by Crippen LogP contribution is -2.64. The van der Waals surface area contributed by atoms with Gasteiger partial charge < -0.3 is 9.47 Å². The standard InChI is InChI=1S/C22H31F5O3/c1-13-3-17(22(26,27)21(25,7-13)19(2,23)24)18(28)30-12-29-11-20-8-14-4-15(9-20)6-16(5-14)10-20/h13-17H,3-12H2,1-2H3. The van der Waals surface area contributed by atoms with Crippen LogP contribution in [0.1, 0.15) is 65.2 Å². The van der Waals surface area contributed by atoms with Crippen LogP contribution in [0.5, 0.6) is 0 Å². The zero-order valence-corrected chi connectivity index (χ0v) is 17.6. The molecule has 5 saturated carbocycles. The summed E-state index contributed by atoms with van der Waals surface area (Å²) in [5.41, 5.74) is -4.01. The maximum atomic E-state index is 14.8. The van der Waals surface area contributed by atoms with E-state index in [0.717, 1.165) is 37.0 Å². The van der Waals surface area contributed by atoms with E-state index in [0.29, 0.717) is 6.61 Å². The number of alkyl halides is 5. The van der Waals surface area contributed by atoms with Crippen molar-refractivity contribution in [2.24, 2.45) is 35.0 Å². The molecule has 5 aliphatic carbocycles. The number of rotatable bonds is 6. The van der Waals surface area contributed by atoms with Crippen LogP contribution < -0.4 is 0 Å². The molecule has 0 saturated heterocycles. The van der Waals surface area contributed by atoms with Crippen LogP contribution in [-0.4, -0.2) is 36.9 Å². The summed E-state index contributed by atoms with van der Waals surface area (Å²) in [6.45, 7) is 1.42. The molecule has 0 radical (unpaired) electrons. The zero-order chi connectivity index (χ0) is 21.9. The van der Waals surface area contributed by atoms with Crippen molar-refractivity contribution >= 4 is 5.97 Å². The van der Waals surface area contributed by atoms with E-state index in [9.17, 15) is 26.7 Å². The topological polar surface area (TPSA) is 35.5 Å². The zero-order valence-electron chi connectivity index (χ0n) is 17.6. The first kappa shape index (κ1) is 22.3. The van der Waals surface area contributed by atoms with E-state index >= 15 is 0 Å². The molecule has 0 spiro atoms. The number of ether oxygens (including phenoxy) is 2. The van der Waals surface area contributed by atoms with E-state index in [4.69, 9.17) is 9.47 Å². The smallest absolute Gasteiger partial charge is 0.317 e. The molecule has 5 rings (SSSR count). The van der Waals surface area contributed by atoms with Crippen LogP contribution in [0.2, 0.25) is 0 Å². The Hall–Kier alpha value is -0.920. The normalized spacial score (nSPS) is 44.8. The van der Waals surface area contributed by atoms with Gasteiger partial charge in [-0.15, -0.1) is 0 Å². The van der Waals surface area contributed by atoms with Gasteiger partial charge in [-0.05, 0) is 80.5 Å². The molecule has 30 heavy (non-hydrogen) atoms. The highest BCUT2D eigenvalue weighted by Crippen LogP contribution is 2.60. The van der Waals surface area contributed by atoms with Gasteiger partial charge in [0.25, 0.3) is 5.92 Å². The molecule has 0 aliphatic heterocycles. The first-order valence-electron chi connectivity index (χ1n) is 11.0. The van der Waals surface area contributed by atoms with Crippen molar-refractivity contribution in [3.63, 3.8) is 0 Å². The molecule has 5 aliphatic rings. The summed E-state index contributed by atoms with van der Waals surface area (Å²) < 4.78 is 82.0. The molecular formula is C22H31F5O3. The summed E-state index contributed by atoms with van der Waals surface area (Å²) in [7, 11) is 0. The number of carbonyl (C=O) groups is 1. The SMILES string of the molecule is CC1CC(C(=O)OCOCC23CC4CC(CC(C4)C2)C3)C(F)(F)C(F)(C(C)(F)F)C1. The Morgan fingerprint density at radius 2 is 1.50 bits per heavy atom. The van der Waals surface area contributed by atoms with Crippen molar-refractivity contribution in [2.45, 2.75) is 82.7 Å². The maximum Gasteiger partial charge on any atom is 0.317 e. The molecule has 0 heterocycles. The summed E-state index contributed by atoms with van der Waals surface area (Å²) in [5.74, 6) is -11.1.